The first-order valence-electron chi connectivity index (χ1n) is 9.70. The highest BCUT2D eigenvalue weighted by Gasteiger charge is 2.27. The number of fused-ring (bicyclic) bond motifs is 1. The highest BCUT2D eigenvalue weighted by Crippen LogP contribution is 2.28. The number of hydrogen-bond acceptors (Lipinski definition) is 6. The Morgan fingerprint density at radius 3 is 2.76 bits per heavy atom. The maximum atomic E-state index is 12.7. The average Bonchev–Trinajstić information content (AvgIpc) is 2.73. The first-order valence-corrected chi connectivity index (χ1v) is 10.7. The van der Waals surface area contributed by atoms with Crippen LogP contribution < -0.4 is 20.3 Å². The topological polar surface area (TPSA) is 82.5 Å². The molecular formula is C21H27N3O4S. The number of carbonyl (C=O) groups is 1. The number of hydrogen-bond donors (Lipinski definition) is 1. The Balaban J connectivity index is 1.61. The molecule has 7 nitrogen and oxygen atoms in total. The van der Waals surface area contributed by atoms with E-state index in [0.29, 0.717) is 48.3 Å². The zero-order valence-electron chi connectivity index (χ0n) is 17.3. The van der Waals surface area contributed by atoms with Crippen LogP contribution in [-0.2, 0) is 24.2 Å². The molecule has 0 aliphatic carbocycles. The smallest absolute Gasteiger partial charge is 0.257 e. The van der Waals surface area contributed by atoms with Crippen molar-refractivity contribution in [2.45, 2.75) is 38.4 Å². The van der Waals surface area contributed by atoms with Crippen molar-refractivity contribution in [3.63, 3.8) is 0 Å². The average molecular weight is 418 g/mol. The number of rotatable bonds is 7. The van der Waals surface area contributed by atoms with E-state index in [0.717, 1.165) is 16.8 Å². The molecule has 8 heteroatoms. The summed E-state index contributed by atoms with van der Waals surface area (Å²) in [6.45, 7) is 4.72. The van der Waals surface area contributed by atoms with Crippen LogP contribution >= 0.6 is 11.8 Å². The molecule has 2 heterocycles. The summed E-state index contributed by atoms with van der Waals surface area (Å²) in [6.07, 6.45) is 1.33. The van der Waals surface area contributed by atoms with Crippen molar-refractivity contribution in [2.75, 3.05) is 26.5 Å². The van der Waals surface area contributed by atoms with Gasteiger partial charge >= 0.3 is 0 Å². The van der Waals surface area contributed by atoms with Gasteiger partial charge in [-0.25, -0.2) is 4.98 Å². The Morgan fingerprint density at radius 1 is 1.31 bits per heavy atom. The lowest BCUT2D eigenvalue weighted by molar-refractivity contribution is -0.124. The number of nitrogens with one attached hydrogen (secondary N) is 1. The summed E-state index contributed by atoms with van der Waals surface area (Å²) in [5.74, 6) is 1.70. The highest BCUT2D eigenvalue weighted by molar-refractivity contribution is 7.99. The van der Waals surface area contributed by atoms with Crippen LogP contribution in [0.5, 0.6) is 11.5 Å². The predicted octanol–water partition coefficient (Wildman–Crippen LogP) is 2.21. The zero-order valence-corrected chi connectivity index (χ0v) is 18.1. The third-order valence-electron chi connectivity index (χ3n) is 5.14. The van der Waals surface area contributed by atoms with E-state index in [1.165, 1.54) is 11.8 Å². The Hall–Kier alpha value is -2.48. The molecule has 29 heavy (non-hydrogen) atoms. The molecule has 1 amide bonds. The first kappa shape index (κ1) is 21.2. The number of carbonyl (C=O) groups excluding carboxylic acids is 1. The molecule has 0 bridgehead atoms. The van der Waals surface area contributed by atoms with Gasteiger partial charge in [0, 0.05) is 30.1 Å². The Labute approximate surface area is 174 Å². The molecule has 1 unspecified atom stereocenters. The summed E-state index contributed by atoms with van der Waals surface area (Å²) in [5.41, 5.74) is 2.54. The van der Waals surface area contributed by atoms with Crippen molar-refractivity contribution >= 4 is 17.7 Å². The van der Waals surface area contributed by atoms with Crippen LogP contribution in [0.15, 0.2) is 28.2 Å². The van der Waals surface area contributed by atoms with Crippen LogP contribution in [0.25, 0.3) is 0 Å². The molecular weight excluding hydrogens is 390 g/mol. The fraction of sp³-hybridized carbons (Fsp3) is 0.476. The number of aryl methyl sites for hydroxylation is 1. The second kappa shape index (κ2) is 9.35. The molecule has 1 aromatic carbocycles. The summed E-state index contributed by atoms with van der Waals surface area (Å²) in [7, 11) is 3.20. The molecule has 1 aliphatic rings. The molecule has 1 aromatic heterocycles. The third-order valence-corrected chi connectivity index (χ3v) is 6.27. The predicted molar refractivity (Wildman–Crippen MR) is 113 cm³/mol. The van der Waals surface area contributed by atoms with Gasteiger partial charge in [0.05, 0.1) is 20.1 Å². The third kappa shape index (κ3) is 4.58. The van der Waals surface area contributed by atoms with Crippen molar-refractivity contribution in [1.29, 1.82) is 0 Å². The summed E-state index contributed by atoms with van der Waals surface area (Å²) in [6, 6.07) is 5.73. The van der Waals surface area contributed by atoms with Crippen LogP contribution in [0.4, 0.5) is 0 Å². The molecule has 2 aromatic rings. The molecule has 1 aliphatic heterocycles. The summed E-state index contributed by atoms with van der Waals surface area (Å²) in [4.78, 5) is 29.9. The summed E-state index contributed by atoms with van der Waals surface area (Å²) in [5, 5.41) is 3.70. The monoisotopic (exact) mass is 417 g/mol. The van der Waals surface area contributed by atoms with Gasteiger partial charge in [0.25, 0.3) is 5.56 Å². The number of amides is 1. The largest absolute Gasteiger partial charge is 0.493 e. The van der Waals surface area contributed by atoms with Gasteiger partial charge in [-0.1, -0.05) is 24.8 Å². The van der Waals surface area contributed by atoms with E-state index in [-0.39, 0.29) is 17.4 Å². The molecule has 1 N–H and O–H groups in total. The fourth-order valence-electron chi connectivity index (χ4n) is 3.47. The van der Waals surface area contributed by atoms with E-state index in [9.17, 15) is 9.59 Å². The molecule has 1 atom stereocenters. The molecule has 0 saturated carbocycles. The maximum absolute atomic E-state index is 12.7. The minimum Gasteiger partial charge on any atom is -0.493 e. The lowest BCUT2D eigenvalue weighted by Gasteiger charge is -2.25. The van der Waals surface area contributed by atoms with Crippen molar-refractivity contribution in [3.05, 3.63) is 45.4 Å². The molecule has 156 valence electrons. The Morgan fingerprint density at radius 2 is 2.07 bits per heavy atom. The molecule has 0 radical (unpaired) electrons. The van der Waals surface area contributed by atoms with Crippen LogP contribution in [0, 0.1) is 12.8 Å². The zero-order chi connectivity index (χ0) is 21.0. The van der Waals surface area contributed by atoms with Crippen LogP contribution in [0.1, 0.15) is 23.7 Å². The molecule has 0 spiro atoms. The van der Waals surface area contributed by atoms with Crippen molar-refractivity contribution in [1.82, 2.24) is 14.9 Å². The van der Waals surface area contributed by atoms with E-state index in [4.69, 9.17) is 9.47 Å². The van der Waals surface area contributed by atoms with Gasteiger partial charge in [-0.2, -0.15) is 0 Å². The lowest BCUT2D eigenvalue weighted by atomic mass is 10.1. The number of benzene rings is 1. The van der Waals surface area contributed by atoms with Gasteiger partial charge < -0.3 is 14.8 Å². The van der Waals surface area contributed by atoms with E-state index in [2.05, 4.69) is 10.3 Å². The second-order valence-corrected chi connectivity index (χ2v) is 7.95. The molecule has 3 rings (SSSR count). The number of ether oxygens (including phenoxy) is 2. The summed E-state index contributed by atoms with van der Waals surface area (Å²) < 4.78 is 12.2. The van der Waals surface area contributed by atoms with Crippen molar-refractivity contribution in [2.24, 2.45) is 5.92 Å². The van der Waals surface area contributed by atoms with Crippen LogP contribution in [0.3, 0.4) is 0 Å². The molecule has 0 fully saturated rings. The van der Waals surface area contributed by atoms with E-state index in [1.807, 2.05) is 32.0 Å². The quantitative estimate of drug-likeness (QED) is 0.696. The lowest BCUT2D eigenvalue weighted by Crippen LogP contribution is -2.41. The number of aromatic nitrogens is 2. The van der Waals surface area contributed by atoms with Crippen molar-refractivity contribution < 1.29 is 14.3 Å². The fourth-order valence-corrected chi connectivity index (χ4v) is 4.59. The Kier molecular flexibility index (Phi) is 6.84. The van der Waals surface area contributed by atoms with Crippen LogP contribution in [0.2, 0.25) is 0 Å². The van der Waals surface area contributed by atoms with Crippen LogP contribution in [-0.4, -0.2) is 42.0 Å². The number of nitrogens with zero attached hydrogens (tertiary/aromatic N) is 2. The van der Waals surface area contributed by atoms with E-state index < -0.39 is 0 Å². The first-order chi connectivity index (χ1) is 14.0. The van der Waals surface area contributed by atoms with E-state index in [1.54, 1.807) is 18.8 Å². The highest BCUT2D eigenvalue weighted by atomic mass is 32.2. The normalized spacial score (nSPS) is 15.5. The summed E-state index contributed by atoms with van der Waals surface area (Å²) >= 11 is 1.47. The van der Waals surface area contributed by atoms with Gasteiger partial charge in [0.15, 0.2) is 16.7 Å². The van der Waals surface area contributed by atoms with E-state index >= 15 is 0 Å². The second-order valence-electron chi connectivity index (χ2n) is 6.97. The standard InChI is InChI=1S/C21H27N3O4S/c1-5-16-13(2)23-21-24(20(16)26)11-15(12-29-21)19(25)22-9-8-14-6-7-17(27-3)18(10-14)28-4/h6-7,10,15H,5,8-9,11-12H2,1-4H3,(H,22,25). The SMILES string of the molecule is CCc1c(C)nc2n(c1=O)CC(C(=O)NCCc1ccc(OC)c(OC)c1)CS2. The van der Waals surface area contributed by atoms with Gasteiger partial charge in [-0.15, -0.1) is 0 Å². The van der Waals surface area contributed by atoms with Gasteiger partial charge in [0.2, 0.25) is 5.91 Å². The minimum absolute atomic E-state index is 0.0228. The maximum Gasteiger partial charge on any atom is 0.257 e. The van der Waals surface area contributed by atoms with Gasteiger partial charge in [-0.3, -0.25) is 14.2 Å². The number of thioether (sulfide) groups is 1. The van der Waals surface area contributed by atoms with Gasteiger partial charge in [0.1, 0.15) is 0 Å². The van der Waals surface area contributed by atoms with Crippen molar-refractivity contribution in [3.8, 4) is 11.5 Å². The Bertz CT molecular complexity index is 958. The van der Waals surface area contributed by atoms with Gasteiger partial charge in [-0.05, 0) is 37.5 Å². The minimum atomic E-state index is -0.246. The number of methoxy groups -OCH3 is 2. The molecule has 0 saturated heterocycles.